The van der Waals surface area contributed by atoms with E-state index >= 15 is 0 Å². The molecule has 4 N–H and O–H groups in total. The summed E-state index contributed by atoms with van der Waals surface area (Å²) in [6.45, 7) is 1.86. The van der Waals surface area contributed by atoms with Gasteiger partial charge in [0.2, 0.25) is 5.88 Å². The summed E-state index contributed by atoms with van der Waals surface area (Å²) in [4.78, 5) is 8.12. The number of nitrogen functional groups attached to an aromatic ring is 2. The van der Waals surface area contributed by atoms with Crippen LogP contribution in [0.2, 0.25) is 0 Å². The second kappa shape index (κ2) is 4.06. The van der Waals surface area contributed by atoms with Gasteiger partial charge in [-0.3, -0.25) is 4.98 Å². The van der Waals surface area contributed by atoms with Crippen molar-refractivity contribution in [2.45, 2.75) is 6.92 Å². The molecule has 0 fully saturated rings. The van der Waals surface area contributed by atoms with Crippen molar-refractivity contribution in [3.05, 3.63) is 36.2 Å². The minimum Gasteiger partial charge on any atom is -0.437 e. The highest BCUT2D eigenvalue weighted by molar-refractivity contribution is 5.58. The van der Waals surface area contributed by atoms with Crippen molar-refractivity contribution in [3.8, 4) is 11.6 Å². The number of nitrogens with two attached hydrogens (primary N) is 2. The molecular formula is C11H12N4O. The molecule has 0 bridgehead atoms. The number of hydrogen-bond donors (Lipinski definition) is 2. The number of pyridine rings is 2. The Bertz CT molecular complexity index is 513. The minimum absolute atomic E-state index is 0.263. The molecule has 0 atom stereocenters. The predicted octanol–water partition coefficient (Wildman–Crippen LogP) is 1.74. The van der Waals surface area contributed by atoms with Crippen LogP contribution >= 0.6 is 0 Å². The minimum atomic E-state index is 0.263. The van der Waals surface area contributed by atoms with E-state index in [1.54, 1.807) is 24.4 Å². The molecule has 5 heteroatoms. The summed E-state index contributed by atoms with van der Waals surface area (Å²) in [5, 5.41) is 0. The lowest BCUT2D eigenvalue weighted by atomic mass is 10.3. The molecule has 0 aliphatic heterocycles. The Morgan fingerprint density at radius 1 is 1.19 bits per heavy atom. The fourth-order valence-electron chi connectivity index (χ4n) is 1.21. The van der Waals surface area contributed by atoms with Crippen molar-refractivity contribution >= 4 is 11.5 Å². The van der Waals surface area contributed by atoms with Crippen molar-refractivity contribution in [3.63, 3.8) is 0 Å². The van der Waals surface area contributed by atoms with Crippen molar-refractivity contribution < 1.29 is 4.74 Å². The van der Waals surface area contributed by atoms with E-state index in [1.165, 1.54) is 0 Å². The van der Waals surface area contributed by atoms with Crippen LogP contribution < -0.4 is 16.2 Å². The summed E-state index contributed by atoms with van der Waals surface area (Å²) in [5.41, 5.74) is 12.4. The predicted molar refractivity (Wildman–Crippen MR) is 62.1 cm³/mol. The molecule has 0 aromatic carbocycles. The van der Waals surface area contributed by atoms with Gasteiger partial charge in [-0.15, -0.1) is 0 Å². The number of rotatable bonds is 2. The van der Waals surface area contributed by atoms with Gasteiger partial charge >= 0.3 is 0 Å². The Balaban J connectivity index is 2.28. The van der Waals surface area contributed by atoms with E-state index in [2.05, 4.69) is 9.97 Å². The highest BCUT2D eigenvalue weighted by Gasteiger charge is 2.04. The van der Waals surface area contributed by atoms with Crippen molar-refractivity contribution in [1.29, 1.82) is 0 Å². The molecule has 82 valence electrons. The molecule has 0 radical (unpaired) electrons. The largest absolute Gasteiger partial charge is 0.437 e. The lowest BCUT2D eigenvalue weighted by Crippen LogP contribution is -1.99. The summed E-state index contributed by atoms with van der Waals surface area (Å²) in [5.74, 6) is 1.32. The topological polar surface area (TPSA) is 87.0 Å². The monoisotopic (exact) mass is 216 g/mol. The van der Waals surface area contributed by atoms with Crippen LogP contribution in [0.25, 0.3) is 0 Å². The first-order valence-corrected chi connectivity index (χ1v) is 4.78. The van der Waals surface area contributed by atoms with Crippen LogP contribution in [0, 0.1) is 6.92 Å². The first-order chi connectivity index (χ1) is 7.66. The summed E-state index contributed by atoms with van der Waals surface area (Å²) in [6.07, 6.45) is 1.70. The first kappa shape index (κ1) is 10.2. The van der Waals surface area contributed by atoms with Crippen LogP contribution in [0.5, 0.6) is 11.6 Å². The van der Waals surface area contributed by atoms with Crippen molar-refractivity contribution in [2.24, 2.45) is 0 Å². The molecule has 2 aromatic rings. The summed E-state index contributed by atoms with van der Waals surface area (Å²) < 4.78 is 5.54. The zero-order valence-corrected chi connectivity index (χ0v) is 8.84. The van der Waals surface area contributed by atoms with E-state index in [0.717, 1.165) is 5.69 Å². The zero-order valence-electron chi connectivity index (χ0n) is 8.84. The third-order valence-corrected chi connectivity index (χ3v) is 2.10. The Morgan fingerprint density at radius 3 is 2.69 bits per heavy atom. The Hall–Kier alpha value is -2.30. The van der Waals surface area contributed by atoms with Crippen molar-refractivity contribution in [2.75, 3.05) is 11.5 Å². The molecule has 0 saturated heterocycles. The smallest absolute Gasteiger partial charge is 0.221 e. The quantitative estimate of drug-likeness (QED) is 0.798. The van der Waals surface area contributed by atoms with Crippen LogP contribution in [0.1, 0.15) is 5.69 Å². The fourth-order valence-corrected chi connectivity index (χ4v) is 1.21. The molecule has 16 heavy (non-hydrogen) atoms. The van der Waals surface area contributed by atoms with Crippen LogP contribution in [0.3, 0.4) is 0 Å². The second-order valence-electron chi connectivity index (χ2n) is 3.31. The Morgan fingerprint density at radius 2 is 2.00 bits per heavy atom. The number of nitrogens with zero attached hydrogens (tertiary/aromatic N) is 2. The van der Waals surface area contributed by atoms with Gasteiger partial charge in [-0.1, -0.05) is 0 Å². The molecule has 0 aliphatic carbocycles. The molecule has 0 amide bonds. The van der Waals surface area contributed by atoms with Gasteiger partial charge in [0, 0.05) is 12.3 Å². The molecule has 2 rings (SSSR count). The van der Waals surface area contributed by atoms with Gasteiger partial charge in [0.15, 0.2) is 11.6 Å². The average molecular weight is 216 g/mol. The van der Waals surface area contributed by atoms with Gasteiger partial charge in [-0.2, -0.15) is 4.98 Å². The van der Waals surface area contributed by atoms with Gasteiger partial charge in [-0.25, -0.2) is 0 Å². The van der Waals surface area contributed by atoms with Gasteiger partial charge in [0.25, 0.3) is 0 Å². The maximum absolute atomic E-state index is 5.58. The molecule has 2 aromatic heterocycles. The summed E-state index contributed by atoms with van der Waals surface area (Å²) >= 11 is 0. The number of hydrogen-bond acceptors (Lipinski definition) is 5. The number of ether oxygens (including phenoxy) is 1. The summed E-state index contributed by atoms with van der Waals surface area (Å²) in [6, 6.07) is 6.93. The second-order valence-corrected chi connectivity index (χ2v) is 3.31. The highest BCUT2D eigenvalue weighted by Crippen LogP contribution is 2.24. The molecule has 0 saturated carbocycles. The molecule has 0 unspecified atom stereocenters. The Kier molecular flexibility index (Phi) is 2.59. The van der Waals surface area contributed by atoms with Gasteiger partial charge < -0.3 is 16.2 Å². The van der Waals surface area contributed by atoms with Crippen LogP contribution in [0.15, 0.2) is 30.5 Å². The average Bonchev–Trinajstić information content (AvgIpc) is 2.27. The standard InChI is InChI=1S/C11H12N4O/c1-7-9(3-2-6-14-7)16-10-5-4-8(12)11(13)15-10/h2-6H,12H2,1H3,(H2,13,15). The zero-order chi connectivity index (χ0) is 11.5. The number of aryl methyl sites for hydroxylation is 1. The van der Waals surface area contributed by atoms with Crippen LogP contribution in [0.4, 0.5) is 11.5 Å². The normalized spacial score (nSPS) is 10.1. The maximum atomic E-state index is 5.58. The lowest BCUT2D eigenvalue weighted by Gasteiger charge is -2.07. The SMILES string of the molecule is Cc1ncccc1Oc1ccc(N)c(N)n1. The van der Waals surface area contributed by atoms with E-state index in [4.69, 9.17) is 16.2 Å². The molecule has 0 spiro atoms. The van der Waals surface area contributed by atoms with E-state index < -0.39 is 0 Å². The van der Waals surface area contributed by atoms with Gasteiger partial charge in [0.1, 0.15) is 0 Å². The molecule has 2 heterocycles. The van der Waals surface area contributed by atoms with Crippen molar-refractivity contribution in [1.82, 2.24) is 9.97 Å². The lowest BCUT2D eigenvalue weighted by molar-refractivity contribution is 0.457. The van der Waals surface area contributed by atoms with E-state index in [0.29, 0.717) is 17.3 Å². The van der Waals surface area contributed by atoms with E-state index in [9.17, 15) is 0 Å². The van der Waals surface area contributed by atoms with Crippen LogP contribution in [-0.2, 0) is 0 Å². The molecule has 0 aliphatic rings. The fraction of sp³-hybridized carbons (Fsp3) is 0.0909. The Labute approximate surface area is 93.1 Å². The summed E-state index contributed by atoms with van der Waals surface area (Å²) in [7, 11) is 0. The van der Waals surface area contributed by atoms with E-state index in [1.807, 2.05) is 13.0 Å². The first-order valence-electron chi connectivity index (χ1n) is 4.78. The maximum Gasteiger partial charge on any atom is 0.221 e. The molecule has 5 nitrogen and oxygen atoms in total. The highest BCUT2D eigenvalue weighted by atomic mass is 16.5. The van der Waals surface area contributed by atoms with Gasteiger partial charge in [0.05, 0.1) is 11.4 Å². The van der Waals surface area contributed by atoms with Gasteiger partial charge in [-0.05, 0) is 25.1 Å². The molecular weight excluding hydrogens is 204 g/mol. The third kappa shape index (κ3) is 2.03. The number of anilines is 2. The van der Waals surface area contributed by atoms with Crippen LogP contribution in [-0.4, -0.2) is 9.97 Å². The number of aromatic nitrogens is 2. The van der Waals surface area contributed by atoms with E-state index in [-0.39, 0.29) is 5.82 Å². The third-order valence-electron chi connectivity index (χ3n) is 2.10.